The Balaban J connectivity index is 2.02. The first-order chi connectivity index (χ1) is 15.0. The van der Waals surface area contributed by atoms with Crippen LogP contribution in [-0.4, -0.2) is 69.1 Å². The molecule has 2 heterocycles. The number of amides is 2. The average molecular weight is 446 g/mol. The van der Waals surface area contributed by atoms with Gasteiger partial charge in [0.05, 0.1) is 26.2 Å². The number of likely N-dealkylation sites (N-methyl/N-ethyl adjacent to an activating group) is 2. The van der Waals surface area contributed by atoms with Gasteiger partial charge in [-0.1, -0.05) is 19.9 Å². The molecular weight excluding hydrogens is 414 g/mol. The number of hydrogen-bond acceptors (Lipinski definition) is 6. The number of fused-ring (bicyclic) bond motifs is 1. The minimum atomic E-state index is -0.548. The number of methoxy groups -OCH3 is 2. The fourth-order valence-electron chi connectivity index (χ4n) is 4.13. The SMILES string of the molecule is CCN(CC)CCNC(=O)[C@H]1c2cc(OC)c(OC)cc2C(=O)N(C)[C@@H]1c1cccs1. The summed E-state index contributed by atoms with van der Waals surface area (Å²) in [6.07, 6.45) is 0. The Morgan fingerprint density at radius 3 is 2.45 bits per heavy atom. The summed E-state index contributed by atoms with van der Waals surface area (Å²) >= 11 is 1.55. The summed E-state index contributed by atoms with van der Waals surface area (Å²) < 4.78 is 10.9. The molecule has 0 unspecified atom stereocenters. The minimum absolute atomic E-state index is 0.0987. The number of rotatable bonds is 9. The number of carbonyl (C=O) groups is 2. The van der Waals surface area contributed by atoms with E-state index in [-0.39, 0.29) is 17.9 Å². The first kappa shape index (κ1) is 23.1. The number of hydrogen-bond donors (Lipinski definition) is 1. The van der Waals surface area contributed by atoms with Crippen LogP contribution in [0.3, 0.4) is 0 Å². The fraction of sp³-hybridized carbons (Fsp3) is 0.478. The van der Waals surface area contributed by atoms with Gasteiger partial charge in [-0.05, 0) is 42.2 Å². The van der Waals surface area contributed by atoms with Gasteiger partial charge in [-0.25, -0.2) is 0 Å². The third-order valence-corrected chi connectivity index (χ3v) is 6.86. The van der Waals surface area contributed by atoms with Crippen molar-refractivity contribution >= 4 is 23.2 Å². The molecular formula is C23H31N3O4S. The summed E-state index contributed by atoms with van der Waals surface area (Å²) in [6.45, 7) is 7.41. The molecule has 1 aliphatic rings. The van der Waals surface area contributed by atoms with Crippen LogP contribution in [0.2, 0.25) is 0 Å². The van der Waals surface area contributed by atoms with E-state index in [0.717, 1.165) is 24.5 Å². The standard InChI is InChI=1S/C23H31N3O4S/c1-6-26(7-2)11-10-24-22(27)20-15-13-17(29-4)18(30-5)14-16(15)23(28)25(3)21(20)19-9-8-12-31-19/h8-9,12-14,20-21H,6-7,10-11H2,1-5H3,(H,24,27)/t20-,21+/m0/s1. The van der Waals surface area contributed by atoms with E-state index in [9.17, 15) is 9.59 Å². The Morgan fingerprint density at radius 1 is 1.19 bits per heavy atom. The van der Waals surface area contributed by atoms with Crippen molar-refractivity contribution in [2.45, 2.75) is 25.8 Å². The van der Waals surface area contributed by atoms with Crippen LogP contribution in [0.15, 0.2) is 29.6 Å². The van der Waals surface area contributed by atoms with Crippen LogP contribution in [0.1, 0.15) is 46.6 Å². The first-order valence-corrected chi connectivity index (χ1v) is 11.4. The first-order valence-electron chi connectivity index (χ1n) is 10.5. The molecule has 0 saturated carbocycles. The van der Waals surface area contributed by atoms with Gasteiger partial charge in [0, 0.05) is 30.6 Å². The summed E-state index contributed by atoms with van der Waals surface area (Å²) in [6, 6.07) is 6.98. The number of thiophene rings is 1. The number of nitrogens with one attached hydrogen (secondary N) is 1. The Bertz CT molecular complexity index is 912. The lowest BCUT2D eigenvalue weighted by molar-refractivity contribution is -0.124. The van der Waals surface area contributed by atoms with Crippen LogP contribution >= 0.6 is 11.3 Å². The summed E-state index contributed by atoms with van der Waals surface area (Å²) in [5, 5.41) is 5.07. The van der Waals surface area contributed by atoms with Crippen molar-refractivity contribution in [2.24, 2.45) is 0 Å². The van der Waals surface area contributed by atoms with E-state index in [1.165, 1.54) is 7.11 Å². The van der Waals surface area contributed by atoms with Gasteiger partial charge in [-0.3, -0.25) is 9.59 Å². The van der Waals surface area contributed by atoms with Gasteiger partial charge in [0.2, 0.25) is 5.91 Å². The van der Waals surface area contributed by atoms with Crippen LogP contribution in [0.5, 0.6) is 11.5 Å². The molecule has 1 aromatic carbocycles. The summed E-state index contributed by atoms with van der Waals surface area (Å²) in [5.74, 6) is 0.190. The van der Waals surface area contributed by atoms with Crippen molar-refractivity contribution < 1.29 is 19.1 Å². The highest BCUT2D eigenvalue weighted by molar-refractivity contribution is 7.10. The maximum absolute atomic E-state index is 13.5. The summed E-state index contributed by atoms with van der Waals surface area (Å²) in [4.78, 5) is 31.6. The maximum Gasteiger partial charge on any atom is 0.254 e. The molecule has 8 heteroatoms. The summed E-state index contributed by atoms with van der Waals surface area (Å²) in [5.41, 5.74) is 1.14. The van der Waals surface area contributed by atoms with Gasteiger partial charge in [0.1, 0.15) is 0 Å². The lowest BCUT2D eigenvalue weighted by Crippen LogP contribution is -2.46. The molecule has 2 aromatic rings. The fourth-order valence-corrected chi connectivity index (χ4v) is 5.04. The maximum atomic E-state index is 13.5. The topological polar surface area (TPSA) is 71.1 Å². The normalized spacial score (nSPS) is 18.1. The molecule has 1 aliphatic heterocycles. The van der Waals surface area contributed by atoms with Crippen LogP contribution in [0.25, 0.3) is 0 Å². The van der Waals surface area contributed by atoms with Crippen molar-refractivity contribution in [1.29, 1.82) is 0 Å². The van der Waals surface area contributed by atoms with Crippen molar-refractivity contribution in [2.75, 3.05) is 47.4 Å². The van der Waals surface area contributed by atoms with Gasteiger partial charge in [-0.2, -0.15) is 0 Å². The number of nitrogens with zero attached hydrogens (tertiary/aromatic N) is 2. The molecule has 0 spiro atoms. The van der Waals surface area contributed by atoms with E-state index in [1.54, 1.807) is 42.5 Å². The Kier molecular flexibility index (Phi) is 7.56. The second-order valence-corrected chi connectivity index (χ2v) is 8.45. The Morgan fingerprint density at radius 2 is 1.87 bits per heavy atom. The largest absolute Gasteiger partial charge is 0.493 e. The molecule has 2 atom stereocenters. The lowest BCUT2D eigenvalue weighted by atomic mass is 9.81. The van der Waals surface area contributed by atoms with E-state index in [0.29, 0.717) is 29.2 Å². The van der Waals surface area contributed by atoms with Crippen molar-refractivity contribution in [3.8, 4) is 11.5 Å². The highest BCUT2D eigenvalue weighted by Crippen LogP contribution is 2.46. The molecule has 2 amide bonds. The van der Waals surface area contributed by atoms with Gasteiger partial charge >= 0.3 is 0 Å². The van der Waals surface area contributed by atoms with Crippen molar-refractivity contribution in [1.82, 2.24) is 15.1 Å². The second kappa shape index (κ2) is 10.2. The minimum Gasteiger partial charge on any atom is -0.493 e. The molecule has 0 saturated heterocycles. The molecule has 3 rings (SSSR count). The smallest absolute Gasteiger partial charge is 0.254 e. The van der Waals surface area contributed by atoms with Crippen LogP contribution in [-0.2, 0) is 4.79 Å². The average Bonchev–Trinajstić information content (AvgIpc) is 3.32. The third kappa shape index (κ3) is 4.55. The van der Waals surface area contributed by atoms with E-state index >= 15 is 0 Å². The van der Waals surface area contributed by atoms with E-state index in [1.807, 2.05) is 17.5 Å². The molecule has 0 fully saturated rings. The zero-order chi connectivity index (χ0) is 22.5. The third-order valence-electron chi connectivity index (χ3n) is 5.91. The number of ether oxygens (including phenoxy) is 2. The highest BCUT2D eigenvalue weighted by atomic mass is 32.1. The van der Waals surface area contributed by atoms with Gasteiger partial charge in [0.25, 0.3) is 5.91 Å². The molecule has 1 aromatic heterocycles. The van der Waals surface area contributed by atoms with Crippen LogP contribution in [0, 0.1) is 0 Å². The number of carbonyl (C=O) groups excluding carboxylic acids is 2. The molecule has 0 bridgehead atoms. The van der Waals surface area contributed by atoms with Gasteiger partial charge < -0.3 is 24.6 Å². The quantitative estimate of drug-likeness (QED) is 0.642. The Hall–Kier alpha value is -2.58. The van der Waals surface area contributed by atoms with Crippen molar-refractivity contribution in [3.63, 3.8) is 0 Å². The molecule has 1 N–H and O–H groups in total. The number of benzene rings is 1. The van der Waals surface area contributed by atoms with E-state index < -0.39 is 5.92 Å². The van der Waals surface area contributed by atoms with Crippen LogP contribution in [0.4, 0.5) is 0 Å². The van der Waals surface area contributed by atoms with Gasteiger partial charge in [0.15, 0.2) is 11.5 Å². The van der Waals surface area contributed by atoms with Gasteiger partial charge in [-0.15, -0.1) is 11.3 Å². The summed E-state index contributed by atoms with van der Waals surface area (Å²) in [7, 11) is 4.84. The monoisotopic (exact) mass is 445 g/mol. The van der Waals surface area contributed by atoms with Crippen LogP contribution < -0.4 is 14.8 Å². The van der Waals surface area contributed by atoms with Crippen molar-refractivity contribution in [3.05, 3.63) is 45.6 Å². The lowest BCUT2D eigenvalue weighted by Gasteiger charge is -2.39. The van der Waals surface area contributed by atoms with E-state index in [2.05, 4.69) is 24.1 Å². The molecule has 0 aliphatic carbocycles. The second-order valence-electron chi connectivity index (χ2n) is 7.47. The zero-order valence-electron chi connectivity index (χ0n) is 18.8. The molecule has 31 heavy (non-hydrogen) atoms. The van der Waals surface area contributed by atoms with E-state index in [4.69, 9.17) is 9.47 Å². The predicted molar refractivity (Wildman–Crippen MR) is 122 cm³/mol. The molecule has 7 nitrogen and oxygen atoms in total. The predicted octanol–water partition coefficient (Wildman–Crippen LogP) is 3.13. The molecule has 168 valence electrons. The zero-order valence-corrected chi connectivity index (χ0v) is 19.6. The Labute approximate surface area is 187 Å². The molecule has 0 radical (unpaired) electrons. The highest BCUT2D eigenvalue weighted by Gasteiger charge is 2.43.